The number of likely N-dealkylation sites (N-methyl/N-ethyl adjacent to an activating group) is 1. The van der Waals surface area contributed by atoms with E-state index in [1.165, 1.54) is 6.07 Å². The van der Waals surface area contributed by atoms with Crippen LogP contribution in [0.1, 0.15) is 18.4 Å². The second-order valence-electron chi connectivity index (χ2n) is 7.34. The Morgan fingerprint density at radius 2 is 1.81 bits per heavy atom. The number of hydrogen-bond donors (Lipinski definition) is 1. The van der Waals surface area contributed by atoms with Crippen molar-refractivity contribution in [1.29, 1.82) is 0 Å². The summed E-state index contributed by atoms with van der Waals surface area (Å²) in [4.78, 5) is 28.9. The zero-order valence-electron chi connectivity index (χ0n) is 15.9. The number of aryl methyl sites for hydroxylation is 1. The van der Waals surface area contributed by atoms with Gasteiger partial charge in [0.05, 0.1) is 4.92 Å². The highest BCUT2D eigenvalue weighted by Crippen LogP contribution is 2.36. The van der Waals surface area contributed by atoms with E-state index < -0.39 is 11.0 Å². The quantitative estimate of drug-likeness (QED) is 0.627. The van der Waals surface area contributed by atoms with Crippen LogP contribution in [0.25, 0.3) is 0 Å². The van der Waals surface area contributed by atoms with Crippen molar-refractivity contribution in [2.75, 3.05) is 51.2 Å². The monoisotopic (exact) mass is 377 g/mol. The molecule has 0 aliphatic carbocycles. The lowest BCUT2D eigenvalue weighted by Crippen LogP contribution is -2.52. The molecule has 0 radical (unpaired) electrons. The molecule has 148 valence electrons. The van der Waals surface area contributed by atoms with E-state index in [2.05, 4.69) is 21.7 Å². The molecule has 2 heterocycles. The van der Waals surface area contributed by atoms with Crippen molar-refractivity contribution in [3.63, 3.8) is 0 Å². The van der Waals surface area contributed by atoms with Gasteiger partial charge in [0, 0.05) is 63.1 Å². The van der Waals surface area contributed by atoms with Gasteiger partial charge in [-0.25, -0.2) is 4.79 Å². The smallest absolute Gasteiger partial charge is 0.403 e. The molecule has 0 spiro atoms. The summed E-state index contributed by atoms with van der Waals surface area (Å²) in [6.07, 6.45) is 1.04. The van der Waals surface area contributed by atoms with Gasteiger partial charge in [-0.05, 0) is 32.4 Å². The minimum Gasteiger partial charge on any atom is -0.403 e. The van der Waals surface area contributed by atoms with Crippen LogP contribution < -0.4 is 15.4 Å². The zero-order chi connectivity index (χ0) is 19.6. The molecule has 9 heteroatoms. The number of ether oxygens (including phenoxy) is 1. The molecule has 3 rings (SSSR count). The molecule has 2 N–H and O–H groups in total. The minimum absolute atomic E-state index is 0.103. The number of benzene rings is 1. The Hall–Kier alpha value is -2.39. The number of amides is 1. The van der Waals surface area contributed by atoms with Gasteiger partial charge in [0.15, 0.2) is 0 Å². The molecule has 0 bridgehead atoms. The third kappa shape index (κ3) is 4.48. The van der Waals surface area contributed by atoms with Crippen molar-refractivity contribution >= 4 is 17.5 Å². The first-order valence-electron chi connectivity index (χ1n) is 9.29. The molecule has 2 aliphatic rings. The predicted octanol–water partition coefficient (Wildman–Crippen LogP) is 1.58. The van der Waals surface area contributed by atoms with Crippen molar-refractivity contribution in [2.45, 2.75) is 25.8 Å². The zero-order valence-corrected chi connectivity index (χ0v) is 15.9. The van der Waals surface area contributed by atoms with E-state index in [4.69, 9.17) is 10.5 Å². The summed E-state index contributed by atoms with van der Waals surface area (Å²) in [6, 6.07) is 3.59. The van der Waals surface area contributed by atoms with Crippen LogP contribution in [-0.4, -0.2) is 73.2 Å². The van der Waals surface area contributed by atoms with Gasteiger partial charge in [-0.15, -0.1) is 0 Å². The third-order valence-electron chi connectivity index (χ3n) is 5.54. The fourth-order valence-electron chi connectivity index (χ4n) is 3.99. The molecule has 1 amide bonds. The molecule has 0 saturated carbocycles. The molecule has 27 heavy (non-hydrogen) atoms. The van der Waals surface area contributed by atoms with Gasteiger partial charge in [-0.2, -0.15) is 0 Å². The van der Waals surface area contributed by atoms with Crippen molar-refractivity contribution in [3.8, 4) is 5.75 Å². The lowest BCUT2D eigenvalue weighted by Gasteiger charge is -2.42. The van der Waals surface area contributed by atoms with Crippen LogP contribution in [0.5, 0.6) is 5.75 Å². The van der Waals surface area contributed by atoms with Crippen LogP contribution in [0.2, 0.25) is 0 Å². The SMILES string of the molecule is Cc1cc([N+](=O)[O-])c(OC(N)=O)cc1N1CCC(N2CCN(C)CC2)CC1. The second kappa shape index (κ2) is 8.10. The van der Waals surface area contributed by atoms with Crippen LogP contribution in [0.4, 0.5) is 16.2 Å². The van der Waals surface area contributed by atoms with E-state index in [0.717, 1.165) is 63.4 Å². The molecule has 2 aliphatic heterocycles. The molecule has 0 unspecified atom stereocenters. The molecular weight excluding hydrogens is 350 g/mol. The van der Waals surface area contributed by atoms with E-state index in [9.17, 15) is 14.9 Å². The number of primary amides is 1. The van der Waals surface area contributed by atoms with E-state index in [0.29, 0.717) is 6.04 Å². The van der Waals surface area contributed by atoms with Gasteiger partial charge >= 0.3 is 11.8 Å². The normalized spacial score (nSPS) is 19.9. The summed E-state index contributed by atoms with van der Waals surface area (Å²) in [7, 11) is 2.16. The van der Waals surface area contributed by atoms with Crippen molar-refractivity contribution < 1.29 is 14.5 Å². The van der Waals surface area contributed by atoms with Crippen LogP contribution >= 0.6 is 0 Å². The van der Waals surface area contributed by atoms with Crippen LogP contribution in [0.15, 0.2) is 12.1 Å². The number of piperidine rings is 1. The average molecular weight is 377 g/mol. The standard InChI is InChI=1S/C18H27N5O4/c1-13-11-16(23(25)26)17(27-18(19)24)12-15(13)22-5-3-14(4-6-22)21-9-7-20(2)8-10-21/h11-12,14H,3-10H2,1-2H3,(H2,19,24). The average Bonchev–Trinajstić information content (AvgIpc) is 2.63. The van der Waals surface area contributed by atoms with Crippen LogP contribution in [0.3, 0.4) is 0 Å². The summed E-state index contributed by atoms with van der Waals surface area (Å²) in [5, 5.41) is 11.2. The predicted molar refractivity (Wildman–Crippen MR) is 102 cm³/mol. The molecule has 2 fully saturated rings. The van der Waals surface area contributed by atoms with Gasteiger partial charge in [-0.1, -0.05) is 0 Å². The Morgan fingerprint density at radius 3 is 2.37 bits per heavy atom. The number of nitrogens with zero attached hydrogens (tertiary/aromatic N) is 4. The fraction of sp³-hybridized carbons (Fsp3) is 0.611. The number of anilines is 1. The van der Waals surface area contributed by atoms with Gasteiger partial charge in [0.1, 0.15) is 0 Å². The van der Waals surface area contributed by atoms with Crippen molar-refractivity contribution in [2.24, 2.45) is 5.73 Å². The van der Waals surface area contributed by atoms with E-state index in [1.54, 1.807) is 6.07 Å². The largest absolute Gasteiger partial charge is 0.410 e. The van der Waals surface area contributed by atoms with Crippen LogP contribution in [0, 0.1) is 17.0 Å². The van der Waals surface area contributed by atoms with Gasteiger partial charge < -0.3 is 20.3 Å². The topological polar surface area (TPSA) is 105 Å². The van der Waals surface area contributed by atoms with Gasteiger partial charge in [0.2, 0.25) is 5.75 Å². The first kappa shape index (κ1) is 19.4. The summed E-state index contributed by atoms with van der Waals surface area (Å²) in [5.41, 5.74) is 6.46. The lowest BCUT2D eigenvalue weighted by atomic mass is 10.0. The van der Waals surface area contributed by atoms with Gasteiger partial charge in [0.25, 0.3) is 0 Å². The summed E-state index contributed by atoms with van der Waals surface area (Å²) in [5.74, 6) is -0.103. The fourth-order valence-corrected chi connectivity index (χ4v) is 3.99. The number of hydrogen-bond acceptors (Lipinski definition) is 7. The number of nitro benzene ring substituents is 1. The highest BCUT2D eigenvalue weighted by molar-refractivity contribution is 5.73. The highest BCUT2D eigenvalue weighted by atomic mass is 16.6. The molecule has 0 atom stereocenters. The van der Waals surface area contributed by atoms with Crippen LogP contribution in [-0.2, 0) is 0 Å². The maximum Gasteiger partial charge on any atom is 0.410 e. The van der Waals surface area contributed by atoms with Crippen molar-refractivity contribution in [3.05, 3.63) is 27.8 Å². The first-order valence-corrected chi connectivity index (χ1v) is 9.29. The number of carbonyl (C=O) groups is 1. The summed E-state index contributed by atoms with van der Waals surface area (Å²) < 4.78 is 4.88. The Labute approximate surface area is 158 Å². The number of nitrogens with two attached hydrogens (primary N) is 1. The minimum atomic E-state index is -1.05. The van der Waals surface area contributed by atoms with E-state index >= 15 is 0 Å². The molecule has 9 nitrogen and oxygen atoms in total. The third-order valence-corrected chi connectivity index (χ3v) is 5.54. The maximum absolute atomic E-state index is 11.2. The summed E-state index contributed by atoms with van der Waals surface area (Å²) >= 11 is 0. The molecule has 0 aromatic heterocycles. The van der Waals surface area contributed by atoms with Gasteiger partial charge in [-0.3, -0.25) is 15.0 Å². The number of carbonyl (C=O) groups excluding carboxylic acids is 1. The molecule has 2 saturated heterocycles. The Morgan fingerprint density at radius 1 is 1.19 bits per heavy atom. The first-order chi connectivity index (χ1) is 12.8. The van der Waals surface area contributed by atoms with Crippen molar-refractivity contribution in [1.82, 2.24) is 9.80 Å². The number of piperazine rings is 1. The lowest BCUT2D eigenvalue weighted by molar-refractivity contribution is -0.385. The molecule has 1 aromatic rings. The second-order valence-corrected chi connectivity index (χ2v) is 7.34. The van der Waals surface area contributed by atoms with E-state index in [1.807, 2.05) is 6.92 Å². The Balaban J connectivity index is 1.71. The van der Waals surface area contributed by atoms with E-state index in [-0.39, 0.29) is 11.4 Å². The Kier molecular flexibility index (Phi) is 5.81. The Bertz CT molecular complexity index is 710. The molecule has 1 aromatic carbocycles. The number of nitro groups is 1. The maximum atomic E-state index is 11.2. The summed E-state index contributed by atoms with van der Waals surface area (Å²) in [6.45, 7) is 7.99. The molecular formula is C18H27N5O4. The number of rotatable bonds is 4. The highest BCUT2D eigenvalue weighted by Gasteiger charge is 2.28.